The molecule has 1 rings (SSSR count). The van der Waals surface area contributed by atoms with E-state index in [4.69, 9.17) is 5.73 Å². The lowest BCUT2D eigenvalue weighted by Gasteiger charge is -2.04. The second kappa shape index (κ2) is 7.29. The fourth-order valence-electron chi connectivity index (χ4n) is 1.23. The Morgan fingerprint density at radius 3 is 2.88 bits per heavy atom. The van der Waals surface area contributed by atoms with E-state index in [-0.39, 0.29) is 5.91 Å². The molecule has 3 N–H and O–H groups in total. The van der Waals surface area contributed by atoms with Crippen LogP contribution in [0.3, 0.4) is 0 Å². The minimum atomic E-state index is 0.0285. The molecule has 0 aliphatic rings. The maximum atomic E-state index is 11.5. The fourth-order valence-corrected chi connectivity index (χ4v) is 1.99. The Morgan fingerprint density at radius 1 is 1.53 bits per heavy atom. The molecule has 1 aromatic heterocycles. The van der Waals surface area contributed by atoms with Gasteiger partial charge < -0.3 is 15.6 Å². The molecular formula is C10H19N5OS. The quantitative estimate of drug-likeness (QED) is 0.541. The number of rotatable bonds is 7. The van der Waals surface area contributed by atoms with Gasteiger partial charge >= 0.3 is 0 Å². The Kier molecular flexibility index (Phi) is 5.99. The molecular weight excluding hydrogens is 238 g/mol. The van der Waals surface area contributed by atoms with Crippen molar-refractivity contribution in [2.24, 2.45) is 12.8 Å². The number of hydrogen-bond acceptors (Lipinski definition) is 5. The number of thioether (sulfide) groups is 1. The Hall–Kier alpha value is -1.08. The zero-order valence-electron chi connectivity index (χ0n) is 10.3. The van der Waals surface area contributed by atoms with Gasteiger partial charge in [0.25, 0.3) is 0 Å². The summed E-state index contributed by atoms with van der Waals surface area (Å²) in [7, 11) is 1.85. The molecule has 0 aromatic carbocycles. The number of carbonyl (C=O) groups excluding carboxylic acids is 1. The van der Waals surface area contributed by atoms with E-state index in [2.05, 4.69) is 22.4 Å². The SMILES string of the molecule is CCCCNC(=O)CSc1nnc(CN)n1C. The maximum absolute atomic E-state index is 11.5. The van der Waals surface area contributed by atoms with Gasteiger partial charge in [-0.2, -0.15) is 0 Å². The predicted octanol–water partition coefficient (Wildman–Crippen LogP) is 0.282. The van der Waals surface area contributed by atoms with Crippen LogP contribution < -0.4 is 11.1 Å². The normalized spacial score (nSPS) is 10.5. The van der Waals surface area contributed by atoms with Crippen molar-refractivity contribution in [2.75, 3.05) is 12.3 Å². The van der Waals surface area contributed by atoms with Gasteiger partial charge in [-0.3, -0.25) is 4.79 Å². The Balaban J connectivity index is 2.34. The molecule has 0 fully saturated rings. The number of nitrogens with two attached hydrogens (primary N) is 1. The lowest BCUT2D eigenvalue weighted by Crippen LogP contribution is -2.26. The fraction of sp³-hybridized carbons (Fsp3) is 0.700. The topological polar surface area (TPSA) is 85.8 Å². The Bertz CT molecular complexity index is 366. The molecule has 0 spiro atoms. The summed E-state index contributed by atoms with van der Waals surface area (Å²) in [4.78, 5) is 11.5. The summed E-state index contributed by atoms with van der Waals surface area (Å²) >= 11 is 1.37. The third kappa shape index (κ3) is 4.35. The summed E-state index contributed by atoms with van der Waals surface area (Å²) in [6.07, 6.45) is 2.09. The highest BCUT2D eigenvalue weighted by Crippen LogP contribution is 2.14. The van der Waals surface area contributed by atoms with Gasteiger partial charge in [-0.15, -0.1) is 10.2 Å². The van der Waals surface area contributed by atoms with Crippen LogP contribution in [0.15, 0.2) is 5.16 Å². The average Bonchev–Trinajstić information content (AvgIpc) is 2.68. The van der Waals surface area contributed by atoms with Crippen LogP contribution >= 0.6 is 11.8 Å². The summed E-state index contributed by atoms with van der Waals surface area (Å²) in [6.45, 7) is 3.18. The highest BCUT2D eigenvalue weighted by atomic mass is 32.2. The van der Waals surface area contributed by atoms with Crippen LogP contribution in [0.4, 0.5) is 0 Å². The van der Waals surface area contributed by atoms with Crippen LogP contribution in [0.2, 0.25) is 0 Å². The van der Waals surface area contributed by atoms with E-state index in [0.717, 1.165) is 30.4 Å². The Morgan fingerprint density at radius 2 is 2.29 bits per heavy atom. The van der Waals surface area contributed by atoms with Crippen molar-refractivity contribution < 1.29 is 4.79 Å². The molecule has 7 heteroatoms. The lowest BCUT2D eigenvalue weighted by molar-refractivity contribution is -0.118. The second-order valence-electron chi connectivity index (χ2n) is 3.65. The van der Waals surface area contributed by atoms with Gasteiger partial charge in [-0.1, -0.05) is 25.1 Å². The molecule has 0 saturated heterocycles. The molecule has 1 amide bonds. The third-order valence-electron chi connectivity index (χ3n) is 2.29. The zero-order chi connectivity index (χ0) is 12.7. The maximum Gasteiger partial charge on any atom is 0.230 e. The minimum Gasteiger partial charge on any atom is -0.355 e. The van der Waals surface area contributed by atoms with Crippen LogP contribution in [0, 0.1) is 0 Å². The standard InChI is InChI=1S/C10H19N5OS/c1-3-4-5-12-9(16)7-17-10-14-13-8(6-11)15(10)2/h3-7,11H2,1-2H3,(H,12,16). The van der Waals surface area contributed by atoms with Gasteiger partial charge in [0.15, 0.2) is 5.16 Å². The number of hydrogen-bond donors (Lipinski definition) is 2. The molecule has 0 unspecified atom stereocenters. The summed E-state index contributed by atoms with van der Waals surface area (Å²) in [5.41, 5.74) is 5.49. The van der Waals surface area contributed by atoms with E-state index in [1.54, 1.807) is 0 Å². The number of nitrogens with one attached hydrogen (secondary N) is 1. The van der Waals surface area contributed by atoms with Crippen LogP contribution in [0.25, 0.3) is 0 Å². The summed E-state index contributed by atoms with van der Waals surface area (Å²) in [5.74, 6) is 1.11. The number of carbonyl (C=O) groups is 1. The molecule has 0 bridgehead atoms. The van der Waals surface area contributed by atoms with Crippen molar-refractivity contribution in [2.45, 2.75) is 31.5 Å². The van der Waals surface area contributed by atoms with E-state index < -0.39 is 0 Å². The molecule has 1 aromatic rings. The molecule has 1 heterocycles. The Labute approximate surface area is 105 Å². The molecule has 0 aliphatic carbocycles. The van der Waals surface area contributed by atoms with Gasteiger partial charge in [0.2, 0.25) is 5.91 Å². The third-order valence-corrected chi connectivity index (χ3v) is 3.31. The van der Waals surface area contributed by atoms with Gasteiger partial charge in [-0.05, 0) is 6.42 Å². The van der Waals surface area contributed by atoms with Crippen LogP contribution in [0.5, 0.6) is 0 Å². The van der Waals surface area contributed by atoms with Crippen molar-refractivity contribution in [1.29, 1.82) is 0 Å². The van der Waals surface area contributed by atoms with E-state index in [1.165, 1.54) is 11.8 Å². The van der Waals surface area contributed by atoms with Crippen LogP contribution in [0.1, 0.15) is 25.6 Å². The molecule has 0 aliphatic heterocycles. The van der Waals surface area contributed by atoms with Crippen molar-refractivity contribution in [3.8, 4) is 0 Å². The van der Waals surface area contributed by atoms with E-state index >= 15 is 0 Å². The van der Waals surface area contributed by atoms with Crippen LogP contribution in [-0.4, -0.2) is 33.0 Å². The molecule has 0 saturated carbocycles. The zero-order valence-corrected chi connectivity index (χ0v) is 11.1. The van der Waals surface area contributed by atoms with Gasteiger partial charge in [0.05, 0.1) is 12.3 Å². The highest BCUT2D eigenvalue weighted by molar-refractivity contribution is 7.99. The number of unbranched alkanes of at least 4 members (excludes halogenated alkanes) is 1. The van der Waals surface area contributed by atoms with Crippen molar-refractivity contribution in [3.63, 3.8) is 0 Å². The smallest absolute Gasteiger partial charge is 0.230 e. The van der Waals surface area contributed by atoms with Gasteiger partial charge in [-0.25, -0.2) is 0 Å². The second-order valence-corrected chi connectivity index (χ2v) is 4.60. The van der Waals surface area contributed by atoms with E-state index in [1.807, 2.05) is 11.6 Å². The number of aromatic nitrogens is 3. The van der Waals surface area contributed by atoms with E-state index in [9.17, 15) is 4.79 Å². The minimum absolute atomic E-state index is 0.0285. The summed E-state index contributed by atoms with van der Waals surface area (Å²) < 4.78 is 1.81. The van der Waals surface area contributed by atoms with E-state index in [0.29, 0.717) is 12.3 Å². The number of nitrogens with zero attached hydrogens (tertiary/aromatic N) is 3. The largest absolute Gasteiger partial charge is 0.355 e. The van der Waals surface area contributed by atoms with Crippen molar-refractivity contribution in [3.05, 3.63) is 5.82 Å². The number of amides is 1. The average molecular weight is 257 g/mol. The first-order chi connectivity index (χ1) is 8.19. The summed E-state index contributed by atoms with van der Waals surface area (Å²) in [5, 5.41) is 11.5. The summed E-state index contributed by atoms with van der Waals surface area (Å²) in [6, 6.07) is 0. The predicted molar refractivity (Wildman–Crippen MR) is 67.5 cm³/mol. The first kappa shape index (κ1) is 14.0. The molecule has 6 nitrogen and oxygen atoms in total. The lowest BCUT2D eigenvalue weighted by atomic mass is 10.3. The first-order valence-corrected chi connectivity index (χ1v) is 6.65. The first-order valence-electron chi connectivity index (χ1n) is 5.66. The molecule has 0 radical (unpaired) electrons. The molecule has 0 atom stereocenters. The van der Waals surface area contributed by atoms with Gasteiger partial charge in [0.1, 0.15) is 5.82 Å². The van der Waals surface area contributed by atoms with Gasteiger partial charge in [0, 0.05) is 13.6 Å². The highest BCUT2D eigenvalue weighted by Gasteiger charge is 2.09. The van der Waals surface area contributed by atoms with Crippen LogP contribution in [-0.2, 0) is 18.4 Å². The van der Waals surface area contributed by atoms with Crippen molar-refractivity contribution >= 4 is 17.7 Å². The molecule has 17 heavy (non-hydrogen) atoms. The molecule has 96 valence electrons. The van der Waals surface area contributed by atoms with Crippen molar-refractivity contribution in [1.82, 2.24) is 20.1 Å². The monoisotopic (exact) mass is 257 g/mol.